The van der Waals surface area contributed by atoms with Gasteiger partial charge in [-0.3, -0.25) is 0 Å². The molecule has 0 radical (unpaired) electrons. The molecule has 3 fully saturated rings. The highest BCUT2D eigenvalue weighted by Gasteiger charge is 2.56. The lowest BCUT2D eigenvalue weighted by atomic mass is 9.95. The predicted octanol–water partition coefficient (Wildman–Crippen LogP) is 11.4. The lowest BCUT2D eigenvalue weighted by Crippen LogP contribution is -2.68. The van der Waals surface area contributed by atoms with Crippen LogP contribution in [0.4, 0.5) is 0 Å². The van der Waals surface area contributed by atoms with Crippen molar-refractivity contribution in [2.75, 3.05) is 26.4 Å². The molecule has 0 aliphatic carbocycles. The summed E-state index contributed by atoms with van der Waals surface area (Å²) in [6.45, 7) is 3.45. The van der Waals surface area contributed by atoms with Crippen molar-refractivity contribution in [2.45, 2.75) is 184 Å². The Labute approximate surface area is 536 Å². The number of benzene rings is 7. The van der Waals surface area contributed by atoms with Gasteiger partial charge in [0.15, 0.2) is 18.9 Å². The molecule has 0 amide bonds. The van der Waals surface area contributed by atoms with Gasteiger partial charge in [0, 0.05) is 13.2 Å². The maximum atomic E-state index is 12.0. The molecule has 486 valence electrons. The topological polar surface area (TPSA) is 181 Å². The van der Waals surface area contributed by atoms with Gasteiger partial charge in [0.25, 0.3) is 0 Å². The van der Waals surface area contributed by atoms with Gasteiger partial charge >= 0.3 is 0 Å². The van der Waals surface area contributed by atoms with Crippen molar-refractivity contribution in [2.24, 2.45) is 0 Å². The highest BCUT2D eigenvalue weighted by molar-refractivity contribution is 5.19. The second-order valence-electron chi connectivity index (χ2n) is 23.5. The lowest BCUT2D eigenvalue weighted by molar-refractivity contribution is -0.393. The van der Waals surface area contributed by atoms with Gasteiger partial charge in [-0.25, -0.2) is 0 Å². The van der Waals surface area contributed by atoms with Crippen LogP contribution in [0, 0.1) is 0 Å². The minimum absolute atomic E-state index is 0.00441. The molecule has 16 nitrogen and oxygen atoms in total. The highest BCUT2D eigenvalue weighted by Crippen LogP contribution is 2.39. The van der Waals surface area contributed by atoms with Gasteiger partial charge in [-0.1, -0.05) is 238 Å². The van der Waals surface area contributed by atoms with Gasteiger partial charge in [0.2, 0.25) is 0 Å². The fraction of sp³-hybridized carbons (Fsp3) is 0.440. The molecule has 7 aromatic rings. The van der Waals surface area contributed by atoms with Crippen LogP contribution < -0.4 is 0 Å². The summed E-state index contributed by atoms with van der Waals surface area (Å²) in [5, 5.41) is 32.9. The van der Waals surface area contributed by atoms with Crippen molar-refractivity contribution in [3.63, 3.8) is 0 Å². The summed E-state index contributed by atoms with van der Waals surface area (Å²) >= 11 is 0. The van der Waals surface area contributed by atoms with E-state index in [0.717, 1.165) is 77.5 Å². The van der Waals surface area contributed by atoms with Gasteiger partial charge in [-0.2, -0.15) is 0 Å². The standard InChI is InChI=1S/C75H90O16/c1-54-64(77)65(78)68(83-48-58-35-19-9-20-36-58)74(87-54)91-70-66(82-47-57-33-17-8-18-34-57)62(52-79-45-55-29-13-6-14-30-55)89-75(72(70)86-51-61-41-25-12-26-42-61)90-67-63(53-80-46-56-31-15-7-16-32-56)88-73(81-44-28-5-3-2-4-27-43-76)71(85-50-60-39-23-11-24-40-60)69(67)84-49-59-37-21-10-22-38-59/h6-26,29-42,54,62-78H,2-5,27-28,43-53H2,1H3/t54-,62+,63+,64+,65+,66-,67+,68-,69-,70-,71+,72+,73?,74-,75-/m0/s1. The van der Waals surface area contributed by atoms with Crippen LogP contribution in [0.15, 0.2) is 212 Å². The predicted molar refractivity (Wildman–Crippen MR) is 341 cm³/mol. The SMILES string of the molecule is C[C@@H]1O[C@@H](O[C@H]2[C@@H](OCc3ccccc3)[C@@H](COCc3ccccc3)O[C@@H](O[C@H]3[C@H](OCc4ccccc4)[C@@H](OCc4ccccc4)C(OCCCCCCCCO)O[C@@H]3COCc3ccccc3)[C@@H]2OCc2ccccc2)[C@@H](OCc2ccccc2)[C@H](O)[C@@H]1O. The van der Waals surface area contributed by atoms with E-state index in [4.69, 9.17) is 61.6 Å². The Hall–Kier alpha value is -6.10. The number of rotatable bonds is 36. The van der Waals surface area contributed by atoms with Crippen molar-refractivity contribution < 1.29 is 76.9 Å². The molecule has 3 saturated heterocycles. The lowest BCUT2D eigenvalue weighted by Gasteiger charge is -2.51. The Morgan fingerprint density at radius 2 is 0.637 bits per heavy atom. The first-order valence-electron chi connectivity index (χ1n) is 32.2. The minimum Gasteiger partial charge on any atom is -0.396 e. The van der Waals surface area contributed by atoms with Gasteiger partial charge in [-0.05, 0) is 58.7 Å². The van der Waals surface area contributed by atoms with E-state index in [1.807, 2.05) is 212 Å². The minimum atomic E-state index is -1.43. The van der Waals surface area contributed by atoms with Crippen LogP contribution in [0.1, 0.15) is 84.4 Å². The van der Waals surface area contributed by atoms with Gasteiger partial charge < -0.3 is 76.9 Å². The van der Waals surface area contributed by atoms with Crippen molar-refractivity contribution in [3.05, 3.63) is 251 Å². The monoisotopic (exact) mass is 1250 g/mol. The van der Waals surface area contributed by atoms with Gasteiger partial charge in [0.1, 0.15) is 67.1 Å². The van der Waals surface area contributed by atoms with Crippen LogP contribution in [0.2, 0.25) is 0 Å². The average molecular weight is 1250 g/mol. The van der Waals surface area contributed by atoms with Crippen LogP contribution in [-0.2, 0) is 108 Å². The third-order valence-electron chi connectivity index (χ3n) is 16.6. The molecular formula is C75H90O16. The van der Waals surface area contributed by atoms with E-state index in [-0.39, 0.29) is 66.1 Å². The molecule has 3 N–H and O–H groups in total. The molecule has 91 heavy (non-hydrogen) atoms. The fourth-order valence-electron chi connectivity index (χ4n) is 11.6. The molecule has 7 aromatic carbocycles. The van der Waals surface area contributed by atoms with Crippen molar-refractivity contribution in [1.29, 1.82) is 0 Å². The summed E-state index contributed by atoms with van der Waals surface area (Å²) < 4.78 is 91.8. The first-order chi connectivity index (χ1) is 44.9. The molecule has 0 bridgehead atoms. The molecule has 0 aromatic heterocycles. The Morgan fingerprint density at radius 1 is 0.308 bits per heavy atom. The Morgan fingerprint density at radius 3 is 1.08 bits per heavy atom. The molecular weight excluding hydrogens is 1160 g/mol. The third-order valence-corrected chi connectivity index (χ3v) is 16.6. The van der Waals surface area contributed by atoms with E-state index in [2.05, 4.69) is 0 Å². The smallest absolute Gasteiger partial charge is 0.187 e. The Kier molecular flexibility index (Phi) is 27.5. The van der Waals surface area contributed by atoms with Crippen LogP contribution in [0.5, 0.6) is 0 Å². The summed E-state index contributed by atoms with van der Waals surface area (Å²) in [7, 11) is 0. The summed E-state index contributed by atoms with van der Waals surface area (Å²) in [5.74, 6) is 0. The zero-order valence-corrected chi connectivity index (χ0v) is 52.0. The molecule has 16 heteroatoms. The van der Waals surface area contributed by atoms with E-state index in [1.165, 1.54) is 0 Å². The molecule has 1 unspecified atom stereocenters. The maximum absolute atomic E-state index is 12.0. The van der Waals surface area contributed by atoms with Crippen molar-refractivity contribution >= 4 is 0 Å². The number of hydrogen-bond donors (Lipinski definition) is 3. The first kappa shape index (κ1) is 67.8. The highest BCUT2D eigenvalue weighted by atomic mass is 16.8. The van der Waals surface area contributed by atoms with E-state index in [1.54, 1.807) is 6.92 Å². The van der Waals surface area contributed by atoms with E-state index in [0.29, 0.717) is 6.61 Å². The zero-order chi connectivity index (χ0) is 62.7. The first-order valence-corrected chi connectivity index (χ1v) is 32.2. The molecule has 3 heterocycles. The molecule has 15 atom stereocenters. The normalized spacial score (nSPS) is 26.7. The van der Waals surface area contributed by atoms with Crippen molar-refractivity contribution in [1.82, 2.24) is 0 Å². The number of unbranched alkanes of at least 4 members (excludes halogenated alkanes) is 5. The van der Waals surface area contributed by atoms with Gasteiger partial charge in [-0.15, -0.1) is 0 Å². The van der Waals surface area contributed by atoms with Gasteiger partial charge in [0.05, 0.1) is 65.6 Å². The van der Waals surface area contributed by atoms with E-state index < -0.39 is 92.1 Å². The van der Waals surface area contributed by atoms with Crippen LogP contribution >= 0.6 is 0 Å². The number of aliphatic hydroxyl groups excluding tert-OH is 3. The second-order valence-corrected chi connectivity index (χ2v) is 23.5. The van der Waals surface area contributed by atoms with E-state index >= 15 is 0 Å². The molecule has 0 spiro atoms. The van der Waals surface area contributed by atoms with Crippen LogP contribution in [0.3, 0.4) is 0 Å². The summed E-state index contributed by atoms with van der Waals surface area (Å²) in [4.78, 5) is 0. The third kappa shape index (κ3) is 20.7. The van der Waals surface area contributed by atoms with E-state index in [9.17, 15) is 15.3 Å². The fourth-order valence-corrected chi connectivity index (χ4v) is 11.6. The quantitative estimate of drug-likeness (QED) is 0.0315. The summed E-state index contributed by atoms with van der Waals surface area (Å²) in [6, 6.07) is 69.0. The number of aliphatic hydroxyl groups is 3. The maximum Gasteiger partial charge on any atom is 0.187 e. The number of ether oxygens (including phenoxy) is 13. The Bertz CT molecular complexity index is 3030. The molecule has 10 rings (SSSR count). The van der Waals surface area contributed by atoms with Crippen LogP contribution in [0.25, 0.3) is 0 Å². The summed E-state index contributed by atoms with van der Waals surface area (Å²) in [6.07, 6.45) is -10.8. The largest absolute Gasteiger partial charge is 0.396 e. The van der Waals surface area contributed by atoms with Crippen molar-refractivity contribution in [3.8, 4) is 0 Å². The molecule has 3 aliphatic rings. The summed E-state index contributed by atoms with van der Waals surface area (Å²) in [5.41, 5.74) is 6.37. The number of hydrogen-bond acceptors (Lipinski definition) is 16. The second kappa shape index (κ2) is 37.0. The average Bonchev–Trinajstić information content (AvgIpc) is 1.01. The van der Waals surface area contributed by atoms with Crippen LogP contribution in [-0.4, -0.2) is 134 Å². The Balaban J connectivity index is 1.07. The molecule has 0 saturated carbocycles. The zero-order valence-electron chi connectivity index (χ0n) is 52.0. The molecule has 3 aliphatic heterocycles.